The van der Waals surface area contributed by atoms with Crippen LogP contribution in [0.3, 0.4) is 0 Å². The number of hydrogen-bond donors (Lipinski definition) is 1. The Hall–Kier alpha value is -2.21. The van der Waals surface area contributed by atoms with E-state index in [9.17, 15) is 14.0 Å². The van der Waals surface area contributed by atoms with E-state index in [-0.39, 0.29) is 23.2 Å². The molecule has 2 aliphatic carbocycles. The SMILES string of the molecule is O=C(NCC1CCC2(CCN(C(=O)[C@H]3C[C@@H]4C=C[C@H]3C4)CC2)O1)c1ccccc1F. The number of nitrogens with zero attached hydrogens (tertiary/aromatic N) is 1. The molecule has 1 spiro atoms. The van der Waals surface area contributed by atoms with Gasteiger partial charge >= 0.3 is 0 Å². The number of piperidine rings is 1. The first kappa shape index (κ1) is 19.7. The third-order valence-corrected chi connectivity index (χ3v) is 7.53. The van der Waals surface area contributed by atoms with E-state index in [0.29, 0.717) is 24.3 Å². The summed E-state index contributed by atoms with van der Waals surface area (Å²) in [6, 6.07) is 6.00. The summed E-state index contributed by atoms with van der Waals surface area (Å²) in [6.45, 7) is 1.89. The molecule has 5 rings (SSSR count). The summed E-state index contributed by atoms with van der Waals surface area (Å²) >= 11 is 0. The van der Waals surface area contributed by atoms with Gasteiger partial charge in [-0.2, -0.15) is 0 Å². The van der Waals surface area contributed by atoms with Gasteiger partial charge in [0.2, 0.25) is 5.91 Å². The number of likely N-dealkylation sites (tertiary alicyclic amines) is 1. The molecule has 0 aromatic heterocycles. The lowest BCUT2D eigenvalue weighted by molar-refractivity contribution is -0.142. The maximum absolute atomic E-state index is 13.8. The molecule has 2 heterocycles. The first-order chi connectivity index (χ1) is 14.5. The number of fused-ring (bicyclic) bond motifs is 2. The number of rotatable bonds is 4. The van der Waals surface area contributed by atoms with E-state index in [2.05, 4.69) is 17.5 Å². The average molecular weight is 413 g/mol. The number of carbonyl (C=O) groups excluding carboxylic acids is 2. The molecule has 2 saturated heterocycles. The van der Waals surface area contributed by atoms with Crippen molar-refractivity contribution in [1.29, 1.82) is 0 Å². The van der Waals surface area contributed by atoms with Crippen LogP contribution in [0, 0.1) is 23.6 Å². The van der Waals surface area contributed by atoms with Gasteiger partial charge in [-0.25, -0.2) is 4.39 Å². The monoisotopic (exact) mass is 412 g/mol. The minimum Gasteiger partial charge on any atom is -0.370 e. The number of amides is 2. The van der Waals surface area contributed by atoms with E-state index in [4.69, 9.17) is 4.74 Å². The minimum atomic E-state index is -0.512. The minimum absolute atomic E-state index is 0.0568. The first-order valence-electron chi connectivity index (χ1n) is 11.2. The van der Waals surface area contributed by atoms with Crippen LogP contribution in [0.5, 0.6) is 0 Å². The maximum Gasteiger partial charge on any atom is 0.254 e. The maximum atomic E-state index is 13.8. The molecule has 0 radical (unpaired) electrons. The van der Waals surface area contributed by atoms with Gasteiger partial charge in [0.15, 0.2) is 0 Å². The van der Waals surface area contributed by atoms with E-state index in [1.807, 2.05) is 4.90 Å². The van der Waals surface area contributed by atoms with Crippen LogP contribution in [0.1, 0.15) is 48.9 Å². The van der Waals surface area contributed by atoms with E-state index in [1.165, 1.54) is 12.1 Å². The molecule has 1 aromatic rings. The van der Waals surface area contributed by atoms with Gasteiger partial charge in [-0.05, 0) is 62.5 Å². The summed E-state index contributed by atoms with van der Waals surface area (Å²) in [5, 5.41) is 2.81. The van der Waals surface area contributed by atoms with E-state index in [1.54, 1.807) is 12.1 Å². The van der Waals surface area contributed by atoms with E-state index < -0.39 is 11.7 Å². The average Bonchev–Trinajstić information content (AvgIpc) is 3.49. The Bertz CT molecular complexity index is 862. The Kier molecular flexibility index (Phi) is 5.13. The van der Waals surface area contributed by atoms with Crippen molar-refractivity contribution in [2.75, 3.05) is 19.6 Å². The van der Waals surface area contributed by atoms with Gasteiger partial charge < -0.3 is 15.0 Å². The summed E-state index contributed by atoms with van der Waals surface area (Å²) in [4.78, 5) is 27.2. The van der Waals surface area contributed by atoms with Crippen LogP contribution in [0.15, 0.2) is 36.4 Å². The lowest BCUT2D eigenvalue weighted by Gasteiger charge is -2.40. The van der Waals surface area contributed by atoms with Crippen LogP contribution in [0.2, 0.25) is 0 Å². The molecule has 6 heteroatoms. The molecule has 3 fully saturated rings. The van der Waals surface area contributed by atoms with Crippen molar-refractivity contribution in [2.45, 2.75) is 50.2 Å². The predicted molar refractivity (Wildman–Crippen MR) is 110 cm³/mol. The Morgan fingerprint density at radius 3 is 2.63 bits per heavy atom. The van der Waals surface area contributed by atoms with Crippen LogP contribution in [0.25, 0.3) is 0 Å². The fourth-order valence-corrected chi connectivity index (χ4v) is 5.79. The highest BCUT2D eigenvalue weighted by Crippen LogP contribution is 2.45. The number of nitrogens with one attached hydrogen (secondary N) is 1. The smallest absolute Gasteiger partial charge is 0.254 e. The molecule has 1 unspecified atom stereocenters. The van der Waals surface area contributed by atoms with Gasteiger partial charge in [0.1, 0.15) is 5.82 Å². The van der Waals surface area contributed by atoms with Crippen LogP contribution < -0.4 is 5.32 Å². The van der Waals surface area contributed by atoms with Gasteiger partial charge in [-0.15, -0.1) is 0 Å². The number of hydrogen-bond acceptors (Lipinski definition) is 3. The van der Waals surface area contributed by atoms with Gasteiger partial charge in [-0.3, -0.25) is 9.59 Å². The normalized spacial score (nSPS) is 31.4. The lowest BCUT2D eigenvalue weighted by atomic mass is 9.86. The van der Waals surface area contributed by atoms with Crippen LogP contribution in [0.4, 0.5) is 4.39 Å². The molecule has 2 bridgehead atoms. The molecule has 30 heavy (non-hydrogen) atoms. The third-order valence-electron chi connectivity index (χ3n) is 7.53. The van der Waals surface area contributed by atoms with Crippen molar-refractivity contribution in [3.8, 4) is 0 Å². The van der Waals surface area contributed by atoms with Crippen LogP contribution in [-0.2, 0) is 9.53 Å². The summed E-state index contributed by atoms with van der Waals surface area (Å²) in [7, 11) is 0. The molecule has 1 N–H and O–H groups in total. The van der Waals surface area contributed by atoms with Crippen molar-refractivity contribution >= 4 is 11.8 Å². The zero-order chi connectivity index (χ0) is 20.7. The summed E-state index contributed by atoms with van der Waals surface area (Å²) in [5.74, 6) is 0.648. The summed E-state index contributed by atoms with van der Waals surface area (Å²) in [5.41, 5.74) is -0.119. The Labute approximate surface area is 176 Å². The standard InChI is InChI=1S/C24H29FN2O3/c25-21-4-2-1-3-19(21)22(28)26-15-18-7-8-24(30-18)9-11-27(12-10-24)23(29)20-14-16-5-6-17(20)13-16/h1-6,16-18,20H,7-15H2,(H,26,28)/t16-,17+,18?,20+/m1/s1. The van der Waals surface area contributed by atoms with E-state index >= 15 is 0 Å². The molecule has 4 aliphatic rings. The number of allylic oxidation sites excluding steroid dienone is 2. The Morgan fingerprint density at radius 1 is 1.13 bits per heavy atom. The highest BCUT2D eigenvalue weighted by atomic mass is 19.1. The van der Waals surface area contributed by atoms with E-state index in [0.717, 1.165) is 51.6 Å². The molecular weight excluding hydrogens is 383 g/mol. The fraction of sp³-hybridized carbons (Fsp3) is 0.583. The number of carbonyl (C=O) groups is 2. The number of halogens is 1. The molecule has 5 nitrogen and oxygen atoms in total. The van der Waals surface area contributed by atoms with Crippen LogP contribution >= 0.6 is 0 Å². The van der Waals surface area contributed by atoms with Crippen molar-refractivity contribution in [3.63, 3.8) is 0 Å². The third kappa shape index (κ3) is 3.66. The lowest BCUT2D eigenvalue weighted by Crippen LogP contribution is -2.49. The Balaban J connectivity index is 1.10. The zero-order valence-electron chi connectivity index (χ0n) is 17.2. The van der Waals surface area contributed by atoms with Crippen LogP contribution in [-0.4, -0.2) is 48.1 Å². The molecule has 1 aromatic carbocycles. The summed E-state index contributed by atoms with van der Waals surface area (Å²) < 4.78 is 20.1. The second kappa shape index (κ2) is 7.80. The second-order valence-corrected chi connectivity index (χ2v) is 9.36. The molecule has 4 atom stereocenters. The summed E-state index contributed by atoms with van der Waals surface area (Å²) in [6.07, 6.45) is 10.2. The quantitative estimate of drug-likeness (QED) is 0.772. The molecular formula is C24H29FN2O3. The Morgan fingerprint density at radius 2 is 1.93 bits per heavy atom. The molecule has 160 valence electrons. The zero-order valence-corrected chi connectivity index (χ0v) is 17.2. The van der Waals surface area contributed by atoms with Gasteiger partial charge in [0, 0.05) is 25.6 Å². The van der Waals surface area contributed by atoms with Crippen molar-refractivity contribution in [1.82, 2.24) is 10.2 Å². The van der Waals surface area contributed by atoms with Gasteiger partial charge in [0.05, 0.1) is 17.3 Å². The topological polar surface area (TPSA) is 58.6 Å². The highest BCUT2D eigenvalue weighted by Gasteiger charge is 2.46. The van der Waals surface area contributed by atoms with Gasteiger partial charge in [-0.1, -0.05) is 24.3 Å². The number of ether oxygens (including phenoxy) is 1. The van der Waals surface area contributed by atoms with Crippen molar-refractivity contribution in [2.24, 2.45) is 17.8 Å². The van der Waals surface area contributed by atoms with Gasteiger partial charge in [0.25, 0.3) is 5.91 Å². The molecule has 1 saturated carbocycles. The molecule has 2 aliphatic heterocycles. The number of benzene rings is 1. The highest BCUT2D eigenvalue weighted by molar-refractivity contribution is 5.94. The first-order valence-corrected chi connectivity index (χ1v) is 11.2. The van der Waals surface area contributed by atoms with Crippen molar-refractivity contribution in [3.05, 3.63) is 47.8 Å². The predicted octanol–water partition coefficient (Wildman–Crippen LogP) is 3.31. The molecule has 2 amide bonds. The second-order valence-electron chi connectivity index (χ2n) is 9.36. The van der Waals surface area contributed by atoms with Crippen molar-refractivity contribution < 1.29 is 18.7 Å². The largest absolute Gasteiger partial charge is 0.370 e. The fourth-order valence-electron chi connectivity index (χ4n) is 5.79.